The van der Waals surface area contributed by atoms with Crippen molar-refractivity contribution in [2.24, 2.45) is 11.3 Å². The van der Waals surface area contributed by atoms with Crippen molar-refractivity contribution in [3.8, 4) is 0 Å². The minimum Gasteiger partial charge on any atom is -0.377 e. The van der Waals surface area contributed by atoms with E-state index in [0.717, 1.165) is 18.7 Å². The van der Waals surface area contributed by atoms with Gasteiger partial charge in [-0.1, -0.05) is 32.0 Å². The molecule has 4 nitrogen and oxygen atoms in total. The number of nitrogens with zero attached hydrogens (tertiary/aromatic N) is 2. The third kappa shape index (κ3) is 2.79. The highest BCUT2D eigenvalue weighted by Crippen LogP contribution is 2.54. The molecule has 1 saturated heterocycles. The largest absolute Gasteiger partial charge is 0.377 e. The highest BCUT2D eigenvalue weighted by atomic mass is 16.5. The van der Waals surface area contributed by atoms with Gasteiger partial charge in [0.15, 0.2) is 0 Å². The highest BCUT2D eigenvalue weighted by molar-refractivity contribution is 5.94. The molecule has 3 rings (SSSR count). The van der Waals surface area contributed by atoms with E-state index >= 15 is 0 Å². The highest BCUT2D eigenvalue weighted by Gasteiger charge is 2.60. The van der Waals surface area contributed by atoms with Crippen LogP contribution in [0.5, 0.6) is 0 Å². The maximum Gasteiger partial charge on any atom is 0.241 e. The Morgan fingerprint density at radius 2 is 2.00 bits per heavy atom. The molecule has 2 aliphatic rings. The zero-order chi connectivity index (χ0) is 16.6. The van der Waals surface area contributed by atoms with Crippen LogP contribution in [0.1, 0.15) is 27.2 Å². The van der Waals surface area contributed by atoms with Crippen molar-refractivity contribution < 1.29 is 9.53 Å². The number of carbonyl (C=O) groups excluding carboxylic acids is 1. The van der Waals surface area contributed by atoms with Crippen LogP contribution < -0.4 is 4.90 Å². The van der Waals surface area contributed by atoms with Crippen LogP contribution in [0.3, 0.4) is 0 Å². The first kappa shape index (κ1) is 16.5. The third-order valence-corrected chi connectivity index (χ3v) is 5.58. The number of anilines is 1. The Kier molecular flexibility index (Phi) is 4.47. The maximum atomic E-state index is 12.8. The van der Waals surface area contributed by atoms with Crippen molar-refractivity contribution in [1.29, 1.82) is 0 Å². The summed E-state index contributed by atoms with van der Waals surface area (Å²) in [5.41, 5.74) is 1.10. The van der Waals surface area contributed by atoms with Crippen LogP contribution in [0, 0.1) is 11.3 Å². The molecule has 1 aromatic rings. The SMILES string of the molecule is CCN(C(=O)CN(C)[C@@H]1[C@H]2CCO[C@H]2C1(C)C)c1ccccc1. The lowest BCUT2D eigenvalue weighted by molar-refractivity contribution is -0.153. The number of hydrogen-bond acceptors (Lipinski definition) is 3. The van der Waals surface area contributed by atoms with Crippen LogP contribution in [0.15, 0.2) is 30.3 Å². The van der Waals surface area contributed by atoms with Gasteiger partial charge in [0.25, 0.3) is 0 Å². The van der Waals surface area contributed by atoms with E-state index in [1.54, 1.807) is 0 Å². The summed E-state index contributed by atoms with van der Waals surface area (Å²) in [5.74, 6) is 0.744. The molecule has 0 bridgehead atoms. The molecule has 1 amide bonds. The number of amides is 1. The molecular weight excluding hydrogens is 288 g/mol. The van der Waals surface area contributed by atoms with Gasteiger partial charge in [0, 0.05) is 36.2 Å². The van der Waals surface area contributed by atoms with Gasteiger partial charge in [-0.3, -0.25) is 9.69 Å². The Morgan fingerprint density at radius 3 is 2.65 bits per heavy atom. The monoisotopic (exact) mass is 316 g/mol. The molecule has 4 heteroatoms. The Hall–Kier alpha value is -1.39. The zero-order valence-electron chi connectivity index (χ0n) is 14.7. The molecule has 0 spiro atoms. The van der Waals surface area contributed by atoms with Crippen molar-refractivity contribution in [2.75, 3.05) is 31.6 Å². The van der Waals surface area contributed by atoms with E-state index in [1.807, 2.05) is 42.2 Å². The molecule has 0 radical (unpaired) electrons. The molecule has 1 aliphatic carbocycles. The summed E-state index contributed by atoms with van der Waals surface area (Å²) in [6.45, 7) is 8.57. The second kappa shape index (κ2) is 6.25. The van der Waals surface area contributed by atoms with Gasteiger partial charge in [0.05, 0.1) is 12.6 Å². The van der Waals surface area contributed by atoms with E-state index in [9.17, 15) is 4.79 Å². The lowest BCUT2D eigenvalue weighted by Crippen LogP contribution is -2.66. The van der Waals surface area contributed by atoms with Gasteiger partial charge in [0.1, 0.15) is 0 Å². The number of para-hydroxylation sites is 1. The molecule has 1 heterocycles. The van der Waals surface area contributed by atoms with E-state index in [4.69, 9.17) is 4.74 Å². The summed E-state index contributed by atoms with van der Waals surface area (Å²) in [6, 6.07) is 10.3. The van der Waals surface area contributed by atoms with Crippen LogP contribution in [0.4, 0.5) is 5.69 Å². The van der Waals surface area contributed by atoms with Crippen molar-refractivity contribution in [3.63, 3.8) is 0 Å². The van der Waals surface area contributed by atoms with Crippen LogP contribution in [-0.2, 0) is 9.53 Å². The Morgan fingerprint density at radius 1 is 1.30 bits per heavy atom. The normalized spacial score (nSPS) is 28.3. The van der Waals surface area contributed by atoms with Gasteiger partial charge in [0.2, 0.25) is 5.91 Å². The first-order valence-electron chi connectivity index (χ1n) is 8.64. The van der Waals surface area contributed by atoms with Crippen molar-refractivity contribution in [3.05, 3.63) is 30.3 Å². The number of likely N-dealkylation sites (N-methyl/N-ethyl adjacent to an activating group) is 2. The summed E-state index contributed by atoms with van der Waals surface area (Å²) in [7, 11) is 2.08. The van der Waals surface area contributed by atoms with Crippen LogP contribution in [0.25, 0.3) is 0 Å². The van der Waals surface area contributed by atoms with Gasteiger partial charge in [-0.15, -0.1) is 0 Å². The van der Waals surface area contributed by atoms with Crippen LogP contribution in [0.2, 0.25) is 0 Å². The van der Waals surface area contributed by atoms with E-state index in [-0.39, 0.29) is 11.3 Å². The van der Waals surface area contributed by atoms with Gasteiger partial charge < -0.3 is 9.64 Å². The average Bonchev–Trinajstić information content (AvgIpc) is 2.95. The first-order chi connectivity index (χ1) is 11.0. The lowest BCUT2D eigenvalue weighted by atomic mass is 9.57. The van der Waals surface area contributed by atoms with E-state index in [0.29, 0.717) is 31.2 Å². The summed E-state index contributed by atoms with van der Waals surface area (Å²) in [6.07, 6.45) is 1.48. The van der Waals surface area contributed by atoms with Crippen LogP contribution >= 0.6 is 0 Å². The average molecular weight is 316 g/mol. The fourth-order valence-electron chi connectivity index (χ4n) is 4.70. The van der Waals surface area contributed by atoms with E-state index < -0.39 is 0 Å². The molecule has 0 aromatic heterocycles. The molecule has 1 aromatic carbocycles. The summed E-state index contributed by atoms with van der Waals surface area (Å²) >= 11 is 0. The maximum absolute atomic E-state index is 12.8. The van der Waals surface area contributed by atoms with E-state index in [1.165, 1.54) is 0 Å². The standard InChI is InChI=1S/C19H28N2O2/c1-5-21(14-9-7-6-8-10-14)16(22)13-20(4)17-15-11-12-23-18(15)19(17,2)3/h6-10,15,17-18H,5,11-13H2,1-4H3/t15-,17-,18-/m1/s1. The van der Waals surface area contributed by atoms with E-state index in [2.05, 4.69) is 25.8 Å². The van der Waals surface area contributed by atoms with Crippen LogP contribution in [-0.4, -0.2) is 49.7 Å². The lowest BCUT2D eigenvalue weighted by Gasteiger charge is -2.57. The number of rotatable bonds is 5. The first-order valence-corrected chi connectivity index (χ1v) is 8.64. The summed E-state index contributed by atoms with van der Waals surface area (Å²) in [5, 5.41) is 0. The predicted molar refractivity (Wildman–Crippen MR) is 92.5 cm³/mol. The second-order valence-corrected chi connectivity index (χ2v) is 7.40. The minimum atomic E-state index is 0.125. The van der Waals surface area contributed by atoms with Gasteiger partial charge >= 0.3 is 0 Å². The molecule has 1 aliphatic heterocycles. The molecule has 1 saturated carbocycles. The Labute approximate surface area is 139 Å². The number of carbonyl (C=O) groups is 1. The minimum absolute atomic E-state index is 0.125. The number of benzene rings is 1. The van der Waals surface area contributed by atoms with Crippen molar-refractivity contribution in [2.45, 2.75) is 39.3 Å². The fraction of sp³-hybridized carbons (Fsp3) is 0.632. The number of ether oxygens (including phenoxy) is 1. The molecule has 3 atom stereocenters. The molecule has 2 fully saturated rings. The quantitative estimate of drug-likeness (QED) is 0.837. The zero-order valence-corrected chi connectivity index (χ0v) is 14.7. The third-order valence-electron chi connectivity index (χ3n) is 5.58. The number of hydrogen-bond donors (Lipinski definition) is 0. The molecule has 126 valence electrons. The summed E-state index contributed by atoms with van der Waals surface area (Å²) in [4.78, 5) is 16.9. The molecule has 0 unspecified atom stereocenters. The van der Waals surface area contributed by atoms with Gasteiger partial charge in [-0.2, -0.15) is 0 Å². The van der Waals surface area contributed by atoms with Crippen molar-refractivity contribution in [1.82, 2.24) is 4.90 Å². The second-order valence-electron chi connectivity index (χ2n) is 7.40. The topological polar surface area (TPSA) is 32.8 Å². The Bertz CT molecular complexity index is 558. The van der Waals surface area contributed by atoms with Gasteiger partial charge in [-0.25, -0.2) is 0 Å². The predicted octanol–water partition coefficient (Wildman–Crippen LogP) is 2.78. The molecule has 0 N–H and O–H groups in total. The smallest absolute Gasteiger partial charge is 0.241 e. The molecule has 23 heavy (non-hydrogen) atoms. The fourth-order valence-corrected chi connectivity index (χ4v) is 4.70. The number of fused-ring (bicyclic) bond motifs is 1. The molecular formula is C19H28N2O2. The Balaban J connectivity index is 1.67. The van der Waals surface area contributed by atoms with Crippen molar-refractivity contribution >= 4 is 11.6 Å². The summed E-state index contributed by atoms with van der Waals surface area (Å²) < 4.78 is 5.87. The van der Waals surface area contributed by atoms with Gasteiger partial charge in [-0.05, 0) is 32.5 Å².